The third-order valence-electron chi connectivity index (χ3n) is 4.56. The van der Waals surface area contributed by atoms with Crippen molar-refractivity contribution in [1.82, 2.24) is 20.2 Å². The van der Waals surface area contributed by atoms with Crippen molar-refractivity contribution in [2.45, 2.75) is 31.9 Å². The summed E-state index contributed by atoms with van der Waals surface area (Å²) in [5, 5.41) is 14.0. The Balaban J connectivity index is 1.82. The highest BCUT2D eigenvalue weighted by Gasteiger charge is 2.71. The molecule has 8 nitrogen and oxygen atoms in total. The van der Waals surface area contributed by atoms with E-state index in [1.54, 1.807) is 7.05 Å². The van der Waals surface area contributed by atoms with Crippen LogP contribution in [0.4, 0.5) is 5.95 Å². The van der Waals surface area contributed by atoms with Crippen molar-refractivity contribution in [2.24, 2.45) is 24.1 Å². The molecule has 1 amide bonds. The summed E-state index contributed by atoms with van der Waals surface area (Å²) in [7, 11) is 1.63. The van der Waals surface area contributed by atoms with E-state index in [2.05, 4.69) is 20.7 Å². The van der Waals surface area contributed by atoms with Crippen LogP contribution in [0, 0.1) is 11.3 Å². The predicted molar refractivity (Wildman–Crippen MR) is 66.0 cm³/mol. The first-order chi connectivity index (χ1) is 8.87. The minimum Gasteiger partial charge on any atom is -0.377 e. The highest BCUT2D eigenvalue weighted by Crippen LogP contribution is 2.58. The number of hydrogen-bond acceptors (Lipinski definition) is 6. The molecule has 1 aliphatic carbocycles. The summed E-state index contributed by atoms with van der Waals surface area (Å²) in [4.78, 5) is 13.8. The first-order valence-corrected chi connectivity index (χ1v) is 6.33. The van der Waals surface area contributed by atoms with Gasteiger partial charge in [-0.1, -0.05) is 18.9 Å². The molecule has 1 saturated heterocycles. The van der Waals surface area contributed by atoms with E-state index in [1.165, 1.54) is 4.80 Å². The fourth-order valence-corrected chi connectivity index (χ4v) is 3.38. The standard InChI is InChI=1S/C11H18N6O2/c1-10(2)7-6(4-5-19-7)11(10,12)8(18)13-9-14-16-17(3)15-9/h6-7H,4-5,12H2,1-3H3,(H,13,15,18). The second kappa shape index (κ2) is 3.73. The summed E-state index contributed by atoms with van der Waals surface area (Å²) in [6.07, 6.45) is 0.865. The summed E-state index contributed by atoms with van der Waals surface area (Å²) in [6, 6.07) is 0. The number of aryl methyl sites for hydroxylation is 1. The van der Waals surface area contributed by atoms with Crippen LogP contribution in [-0.4, -0.2) is 44.4 Å². The molecular weight excluding hydrogens is 248 g/mol. The zero-order valence-electron chi connectivity index (χ0n) is 11.3. The first kappa shape index (κ1) is 12.5. The molecule has 8 heteroatoms. The molecule has 1 aromatic rings. The van der Waals surface area contributed by atoms with Crippen LogP contribution < -0.4 is 11.1 Å². The molecule has 3 unspecified atom stereocenters. The molecule has 3 N–H and O–H groups in total. The average Bonchev–Trinajstić information content (AvgIpc) is 2.96. The van der Waals surface area contributed by atoms with Crippen molar-refractivity contribution in [1.29, 1.82) is 0 Å². The third-order valence-corrected chi connectivity index (χ3v) is 4.56. The van der Waals surface area contributed by atoms with Gasteiger partial charge in [0.05, 0.1) is 13.2 Å². The molecular formula is C11H18N6O2. The Labute approximate surface area is 110 Å². The number of aromatic nitrogens is 4. The maximum Gasteiger partial charge on any atom is 0.270 e. The largest absolute Gasteiger partial charge is 0.377 e. The smallest absolute Gasteiger partial charge is 0.270 e. The van der Waals surface area contributed by atoms with E-state index in [0.717, 1.165) is 6.42 Å². The molecule has 0 spiro atoms. The Morgan fingerprint density at radius 2 is 2.32 bits per heavy atom. The van der Waals surface area contributed by atoms with Gasteiger partial charge in [0, 0.05) is 17.9 Å². The minimum absolute atomic E-state index is 0.0538. The number of nitrogens with two attached hydrogens (primary N) is 1. The van der Waals surface area contributed by atoms with Crippen molar-refractivity contribution in [3.63, 3.8) is 0 Å². The summed E-state index contributed by atoms with van der Waals surface area (Å²) >= 11 is 0. The Kier molecular flexibility index (Phi) is 2.45. The van der Waals surface area contributed by atoms with Crippen molar-refractivity contribution in [3.05, 3.63) is 0 Å². The van der Waals surface area contributed by atoms with Crippen LogP contribution in [0.2, 0.25) is 0 Å². The quantitative estimate of drug-likeness (QED) is 0.732. The van der Waals surface area contributed by atoms with E-state index < -0.39 is 11.0 Å². The third kappa shape index (κ3) is 1.47. The lowest BCUT2D eigenvalue weighted by Crippen LogP contribution is -2.79. The van der Waals surface area contributed by atoms with Crippen molar-refractivity contribution in [3.8, 4) is 0 Å². The van der Waals surface area contributed by atoms with Gasteiger partial charge in [-0.2, -0.15) is 4.80 Å². The van der Waals surface area contributed by atoms with Crippen LogP contribution in [0.1, 0.15) is 20.3 Å². The number of carbonyl (C=O) groups excluding carboxylic acids is 1. The SMILES string of the molecule is Cn1nnc(NC(=O)C2(N)C3CCOC3C2(C)C)n1. The molecule has 3 rings (SSSR count). The van der Waals surface area contributed by atoms with Gasteiger partial charge in [-0.05, 0) is 11.6 Å². The molecule has 0 aromatic carbocycles. The lowest BCUT2D eigenvalue weighted by atomic mass is 9.48. The minimum atomic E-state index is -0.951. The molecule has 0 bridgehead atoms. The zero-order chi connectivity index (χ0) is 13.8. The van der Waals surface area contributed by atoms with E-state index in [9.17, 15) is 4.79 Å². The van der Waals surface area contributed by atoms with Crippen molar-refractivity contribution >= 4 is 11.9 Å². The lowest BCUT2D eigenvalue weighted by molar-refractivity contribution is -0.170. The van der Waals surface area contributed by atoms with Crippen LogP contribution in [0.5, 0.6) is 0 Å². The summed E-state index contributed by atoms with van der Waals surface area (Å²) in [5.74, 6) is -0.0353. The second-order valence-corrected chi connectivity index (χ2v) is 5.83. The Bertz CT molecular complexity index is 527. The molecule has 0 radical (unpaired) electrons. The Hall–Kier alpha value is -1.54. The van der Waals surface area contributed by atoms with E-state index in [-0.39, 0.29) is 23.9 Å². The number of hydrogen-bond donors (Lipinski definition) is 2. The van der Waals surface area contributed by atoms with Crippen molar-refractivity contribution in [2.75, 3.05) is 11.9 Å². The number of fused-ring (bicyclic) bond motifs is 1. The molecule has 2 fully saturated rings. The maximum absolute atomic E-state index is 12.5. The second-order valence-electron chi connectivity index (χ2n) is 5.83. The number of nitrogens with one attached hydrogen (secondary N) is 1. The summed E-state index contributed by atoms with van der Waals surface area (Å²) < 4.78 is 5.66. The zero-order valence-corrected chi connectivity index (χ0v) is 11.3. The van der Waals surface area contributed by atoms with Gasteiger partial charge in [0.15, 0.2) is 0 Å². The average molecular weight is 266 g/mol. The van der Waals surface area contributed by atoms with E-state index >= 15 is 0 Å². The van der Waals surface area contributed by atoms with Crippen LogP contribution in [0.15, 0.2) is 0 Å². The van der Waals surface area contributed by atoms with Crippen LogP contribution >= 0.6 is 0 Å². The molecule has 1 aromatic heterocycles. The van der Waals surface area contributed by atoms with Gasteiger partial charge in [-0.3, -0.25) is 10.1 Å². The van der Waals surface area contributed by atoms with Gasteiger partial charge < -0.3 is 10.5 Å². The number of anilines is 1. The van der Waals surface area contributed by atoms with Gasteiger partial charge in [0.1, 0.15) is 5.54 Å². The molecule has 2 aliphatic rings. The van der Waals surface area contributed by atoms with Crippen LogP contribution in [0.3, 0.4) is 0 Å². The molecule has 3 atom stereocenters. The molecule has 19 heavy (non-hydrogen) atoms. The van der Waals surface area contributed by atoms with Crippen LogP contribution in [0.25, 0.3) is 0 Å². The topological polar surface area (TPSA) is 108 Å². The van der Waals surface area contributed by atoms with E-state index in [0.29, 0.717) is 6.61 Å². The number of rotatable bonds is 2. The number of amides is 1. The van der Waals surface area contributed by atoms with Gasteiger partial charge >= 0.3 is 0 Å². The highest BCUT2D eigenvalue weighted by atomic mass is 16.5. The summed E-state index contributed by atoms with van der Waals surface area (Å²) in [5.41, 5.74) is 5.04. The fourth-order valence-electron chi connectivity index (χ4n) is 3.38. The molecule has 2 heterocycles. The van der Waals surface area contributed by atoms with Crippen LogP contribution in [-0.2, 0) is 16.6 Å². The van der Waals surface area contributed by atoms with E-state index in [1.807, 2.05) is 13.8 Å². The van der Waals surface area contributed by atoms with Gasteiger partial charge in [-0.15, -0.1) is 5.10 Å². The molecule has 1 aliphatic heterocycles. The Morgan fingerprint density at radius 1 is 1.58 bits per heavy atom. The predicted octanol–water partition coefficient (Wildman–Crippen LogP) is -0.709. The normalized spacial score (nSPS) is 35.6. The highest BCUT2D eigenvalue weighted by molar-refractivity contribution is 5.99. The first-order valence-electron chi connectivity index (χ1n) is 6.33. The van der Waals surface area contributed by atoms with E-state index in [4.69, 9.17) is 10.5 Å². The maximum atomic E-state index is 12.5. The summed E-state index contributed by atoms with van der Waals surface area (Å²) in [6.45, 7) is 4.58. The van der Waals surface area contributed by atoms with Crippen molar-refractivity contribution < 1.29 is 9.53 Å². The molecule has 1 saturated carbocycles. The fraction of sp³-hybridized carbons (Fsp3) is 0.818. The van der Waals surface area contributed by atoms with Gasteiger partial charge in [0.25, 0.3) is 5.95 Å². The van der Waals surface area contributed by atoms with Gasteiger partial charge in [0.2, 0.25) is 5.91 Å². The number of carbonyl (C=O) groups is 1. The lowest BCUT2D eigenvalue weighted by Gasteiger charge is -2.60. The van der Waals surface area contributed by atoms with Gasteiger partial charge in [-0.25, -0.2) is 0 Å². The Morgan fingerprint density at radius 3 is 2.95 bits per heavy atom. The monoisotopic (exact) mass is 266 g/mol. The molecule has 104 valence electrons. The number of nitrogens with zero attached hydrogens (tertiary/aromatic N) is 4. The number of ether oxygens (including phenoxy) is 1. The number of tetrazole rings is 1.